The number of carbonyl (C=O) groups excluding carboxylic acids is 2. The molecule has 0 bridgehead atoms. The topological polar surface area (TPSA) is 77.6 Å². The summed E-state index contributed by atoms with van der Waals surface area (Å²) in [5, 5.41) is 5.99. The molecule has 0 aliphatic carbocycles. The van der Waals surface area contributed by atoms with Crippen molar-refractivity contribution in [1.82, 2.24) is 15.2 Å². The number of likely N-dealkylation sites (tertiary alicyclic amines) is 1. The van der Waals surface area contributed by atoms with Gasteiger partial charge in [-0.1, -0.05) is 18.6 Å². The van der Waals surface area contributed by atoms with Crippen LogP contribution >= 0.6 is 0 Å². The van der Waals surface area contributed by atoms with Crippen molar-refractivity contribution >= 4 is 23.3 Å². The van der Waals surface area contributed by atoms with E-state index >= 15 is 0 Å². The zero-order valence-corrected chi connectivity index (χ0v) is 16.9. The fourth-order valence-electron chi connectivity index (χ4n) is 4.11. The number of anilines is 2. The SMILES string of the molecule is C[C@H]1CCCCN1CC(=O)Nc1ccc([C@H]2NC(=O)c3cccnc3N2C)cc1. The molecule has 2 aliphatic rings. The van der Waals surface area contributed by atoms with Crippen molar-refractivity contribution in [3.63, 3.8) is 0 Å². The molecule has 1 aromatic carbocycles. The quantitative estimate of drug-likeness (QED) is 0.835. The van der Waals surface area contributed by atoms with Gasteiger partial charge < -0.3 is 15.5 Å². The lowest BCUT2D eigenvalue weighted by Gasteiger charge is -2.35. The van der Waals surface area contributed by atoms with Crippen molar-refractivity contribution in [1.29, 1.82) is 0 Å². The van der Waals surface area contributed by atoms with Crippen LogP contribution in [0.1, 0.15) is 48.3 Å². The number of piperidine rings is 1. The Labute approximate surface area is 171 Å². The van der Waals surface area contributed by atoms with Crippen molar-refractivity contribution < 1.29 is 9.59 Å². The van der Waals surface area contributed by atoms with Crippen LogP contribution < -0.4 is 15.5 Å². The fraction of sp³-hybridized carbons (Fsp3) is 0.409. The average molecular weight is 393 g/mol. The molecule has 0 saturated carbocycles. The molecular formula is C22H27N5O2. The molecule has 7 nitrogen and oxygen atoms in total. The molecule has 1 saturated heterocycles. The highest BCUT2D eigenvalue weighted by Crippen LogP contribution is 2.30. The van der Waals surface area contributed by atoms with E-state index < -0.39 is 0 Å². The van der Waals surface area contributed by atoms with Crippen LogP contribution in [0.3, 0.4) is 0 Å². The van der Waals surface area contributed by atoms with Crippen LogP contribution in [0, 0.1) is 0 Å². The summed E-state index contributed by atoms with van der Waals surface area (Å²) in [6.45, 7) is 3.59. The van der Waals surface area contributed by atoms with Gasteiger partial charge in [-0.2, -0.15) is 0 Å². The lowest BCUT2D eigenvalue weighted by Crippen LogP contribution is -2.45. The molecule has 7 heteroatoms. The third kappa shape index (κ3) is 4.10. The van der Waals surface area contributed by atoms with Crippen LogP contribution in [0.5, 0.6) is 0 Å². The summed E-state index contributed by atoms with van der Waals surface area (Å²) in [5.74, 6) is 0.534. The number of amides is 2. The van der Waals surface area contributed by atoms with E-state index in [9.17, 15) is 9.59 Å². The number of pyridine rings is 1. The van der Waals surface area contributed by atoms with Crippen molar-refractivity contribution in [3.05, 3.63) is 53.7 Å². The summed E-state index contributed by atoms with van der Waals surface area (Å²) < 4.78 is 0. The van der Waals surface area contributed by atoms with E-state index in [-0.39, 0.29) is 18.0 Å². The molecule has 2 amide bonds. The number of hydrogen-bond acceptors (Lipinski definition) is 5. The summed E-state index contributed by atoms with van der Waals surface area (Å²) in [4.78, 5) is 33.4. The molecule has 2 N–H and O–H groups in total. The van der Waals surface area contributed by atoms with E-state index in [2.05, 4.69) is 27.4 Å². The first-order chi connectivity index (χ1) is 14.0. The predicted octanol–water partition coefficient (Wildman–Crippen LogP) is 2.77. The summed E-state index contributed by atoms with van der Waals surface area (Å²) in [6.07, 6.45) is 4.94. The molecule has 0 unspecified atom stereocenters. The minimum Gasteiger partial charge on any atom is -0.335 e. The highest BCUT2D eigenvalue weighted by molar-refractivity contribution is 6.01. The van der Waals surface area contributed by atoms with Gasteiger partial charge in [0.25, 0.3) is 5.91 Å². The molecule has 2 aliphatic heterocycles. The van der Waals surface area contributed by atoms with Crippen LogP contribution in [-0.4, -0.2) is 47.9 Å². The molecule has 0 spiro atoms. The largest absolute Gasteiger partial charge is 0.335 e. The van der Waals surface area contributed by atoms with Crippen LogP contribution in [0.4, 0.5) is 11.5 Å². The Balaban J connectivity index is 1.42. The van der Waals surface area contributed by atoms with Crippen molar-refractivity contribution in [2.45, 2.75) is 38.4 Å². The number of hydrogen-bond donors (Lipinski definition) is 2. The Morgan fingerprint density at radius 1 is 1.24 bits per heavy atom. The van der Waals surface area contributed by atoms with Crippen LogP contribution in [-0.2, 0) is 4.79 Å². The Hall–Kier alpha value is -2.93. The highest BCUT2D eigenvalue weighted by atomic mass is 16.2. The minimum atomic E-state index is -0.302. The van der Waals surface area contributed by atoms with Gasteiger partial charge in [-0.15, -0.1) is 0 Å². The Bertz CT molecular complexity index is 898. The van der Waals surface area contributed by atoms with Gasteiger partial charge in [0.2, 0.25) is 5.91 Å². The predicted molar refractivity (Wildman–Crippen MR) is 113 cm³/mol. The van der Waals surface area contributed by atoms with Gasteiger partial charge in [-0.25, -0.2) is 4.98 Å². The van der Waals surface area contributed by atoms with Gasteiger partial charge in [-0.3, -0.25) is 14.5 Å². The van der Waals surface area contributed by atoms with Crippen LogP contribution in [0.15, 0.2) is 42.6 Å². The monoisotopic (exact) mass is 393 g/mol. The van der Waals surface area contributed by atoms with E-state index in [0.717, 1.165) is 30.6 Å². The van der Waals surface area contributed by atoms with Gasteiger partial charge in [0.1, 0.15) is 12.0 Å². The maximum absolute atomic E-state index is 12.4. The molecule has 1 aromatic heterocycles. The molecule has 152 valence electrons. The van der Waals surface area contributed by atoms with Gasteiger partial charge in [0.05, 0.1) is 12.1 Å². The van der Waals surface area contributed by atoms with E-state index in [1.807, 2.05) is 36.2 Å². The number of nitrogens with one attached hydrogen (secondary N) is 2. The number of carbonyl (C=O) groups is 2. The zero-order chi connectivity index (χ0) is 20.4. The number of fused-ring (bicyclic) bond motifs is 1. The summed E-state index contributed by atoms with van der Waals surface area (Å²) >= 11 is 0. The molecule has 3 heterocycles. The highest BCUT2D eigenvalue weighted by Gasteiger charge is 2.30. The first-order valence-electron chi connectivity index (χ1n) is 10.2. The van der Waals surface area contributed by atoms with E-state index in [1.165, 1.54) is 6.42 Å². The van der Waals surface area contributed by atoms with Gasteiger partial charge in [0, 0.05) is 25.0 Å². The van der Waals surface area contributed by atoms with Gasteiger partial charge >= 0.3 is 0 Å². The van der Waals surface area contributed by atoms with Gasteiger partial charge in [0.15, 0.2) is 0 Å². The third-order valence-corrected chi connectivity index (χ3v) is 5.82. The number of rotatable bonds is 4. The van der Waals surface area contributed by atoms with E-state index in [4.69, 9.17) is 0 Å². The summed E-state index contributed by atoms with van der Waals surface area (Å²) in [7, 11) is 1.91. The summed E-state index contributed by atoms with van der Waals surface area (Å²) in [5.41, 5.74) is 2.26. The number of benzene rings is 1. The molecule has 29 heavy (non-hydrogen) atoms. The average Bonchev–Trinajstić information content (AvgIpc) is 2.73. The Morgan fingerprint density at radius 3 is 2.79 bits per heavy atom. The van der Waals surface area contributed by atoms with Crippen LogP contribution in [0.2, 0.25) is 0 Å². The molecular weight excluding hydrogens is 366 g/mol. The number of nitrogens with zero attached hydrogens (tertiary/aromatic N) is 3. The summed E-state index contributed by atoms with van der Waals surface area (Å²) in [6, 6.07) is 11.6. The maximum atomic E-state index is 12.4. The molecule has 0 radical (unpaired) electrons. The molecule has 1 fully saturated rings. The Morgan fingerprint density at radius 2 is 2.03 bits per heavy atom. The van der Waals surface area contributed by atoms with E-state index in [0.29, 0.717) is 24.0 Å². The minimum absolute atomic E-state index is 0.00714. The second-order valence-electron chi connectivity index (χ2n) is 7.85. The first-order valence-corrected chi connectivity index (χ1v) is 10.2. The second-order valence-corrected chi connectivity index (χ2v) is 7.85. The van der Waals surface area contributed by atoms with E-state index in [1.54, 1.807) is 18.3 Å². The van der Waals surface area contributed by atoms with Crippen LogP contribution in [0.25, 0.3) is 0 Å². The second kappa shape index (κ2) is 8.21. The first kappa shape index (κ1) is 19.4. The van der Waals surface area contributed by atoms with Crippen molar-refractivity contribution in [2.75, 3.05) is 30.4 Å². The standard InChI is InChI=1S/C22H27N5O2/c1-15-6-3-4-13-27(15)14-19(28)24-17-10-8-16(9-11-17)20-25-22(29)18-7-5-12-23-21(18)26(20)2/h5,7-12,15,20H,3-4,6,13-14H2,1-2H3,(H,24,28)(H,25,29)/t15-,20-/m0/s1. The molecule has 2 aromatic rings. The number of aromatic nitrogens is 1. The normalized spacial score (nSPS) is 22.0. The lowest BCUT2D eigenvalue weighted by atomic mass is 10.0. The fourth-order valence-corrected chi connectivity index (χ4v) is 4.11. The maximum Gasteiger partial charge on any atom is 0.256 e. The zero-order valence-electron chi connectivity index (χ0n) is 16.9. The molecule has 4 rings (SSSR count). The van der Waals surface area contributed by atoms with Crippen molar-refractivity contribution in [3.8, 4) is 0 Å². The smallest absolute Gasteiger partial charge is 0.256 e. The van der Waals surface area contributed by atoms with Crippen molar-refractivity contribution in [2.24, 2.45) is 0 Å². The van der Waals surface area contributed by atoms with Gasteiger partial charge in [-0.05, 0) is 56.1 Å². The third-order valence-electron chi connectivity index (χ3n) is 5.82. The lowest BCUT2D eigenvalue weighted by molar-refractivity contribution is -0.118. The Kier molecular flexibility index (Phi) is 5.49. The molecule has 2 atom stereocenters.